The number of hydrogen-bond acceptors (Lipinski definition) is 4. The van der Waals surface area contributed by atoms with Crippen molar-refractivity contribution in [1.82, 2.24) is 10.2 Å². The summed E-state index contributed by atoms with van der Waals surface area (Å²) < 4.78 is 37.2. The summed E-state index contributed by atoms with van der Waals surface area (Å²) in [6.45, 7) is 2.36. The van der Waals surface area contributed by atoms with E-state index in [2.05, 4.69) is 15.6 Å². The lowest BCUT2D eigenvalue weighted by Crippen LogP contribution is -2.12. The Morgan fingerprint density at radius 3 is 2.25 bits per heavy atom. The van der Waals surface area contributed by atoms with Crippen molar-refractivity contribution in [1.29, 1.82) is 0 Å². The predicted octanol–water partition coefficient (Wildman–Crippen LogP) is 2.12. The first-order chi connectivity index (χ1) is 7.36. The topological polar surface area (TPSA) is 63.8 Å². The van der Waals surface area contributed by atoms with Gasteiger partial charge in [0.25, 0.3) is 0 Å². The van der Waals surface area contributed by atoms with Crippen LogP contribution in [0.2, 0.25) is 0 Å². The summed E-state index contributed by atoms with van der Waals surface area (Å²) in [6.07, 6.45) is -4.35. The van der Waals surface area contributed by atoms with Gasteiger partial charge in [0, 0.05) is 5.57 Å². The molecule has 0 aliphatic rings. The summed E-state index contributed by atoms with van der Waals surface area (Å²) in [7, 11) is 0. The van der Waals surface area contributed by atoms with Crippen molar-refractivity contribution >= 4 is 11.4 Å². The van der Waals surface area contributed by atoms with E-state index in [0.29, 0.717) is 5.82 Å². The van der Waals surface area contributed by atoms with E-state index in [1.807, 2.05) is 0 Å². The molecule has 3 N–H and O–H groups in total. The maximum Gasteiger partial charge on any atom is 0.412 e. The number of halogens is 3. The quantitative estimate of drug-likeness (QED) is 0.605. The van der Waals surface area contributed by atoms with Gasteiger partial charge in [0.15, 0.2) is 5.82 Å². The summed E-state index contributed by atoms with van der Waals surface area (Å²) in [5.41, 5.74) is 1.78. The maximum atomic E-state index is 12.4. The Labute approximate surface area is 90.3 Å². The first-order valence-corrected chi connectivity index (χ1v) is 4.41. The van der Waals surface area contributed by atoms with Crippen LogP contribution < -0.4 is 11.3 Å². The van der Waals surface area contributed by atoms with Gasteiger partial charge in [-0.15, -0.1) is 10.2 Å². The zero-order chi connectivity index (χ0) is 12.3. The third-order valence-electron chi connectivity index (χ3n) is 2.18. The molecular formula is C9H11F3N4. The number of hydrogen-bond donors (Lipinski definition) is 2. The monoisotopic (exact) mass is 232 g/mol. The Hall–Kier alpha value is -1.63. The summed E-state index contributed by atoms with van der Waals surface area (Å²) in [5.74, 6) is 5.35. The standard InChI is InChI=1S/C9H11F3N4/c1-5(6(2)9(10,11)12)7-3-4-8(14-13)16-15-7/h3-4H,13H2,1-2H3,(H,14,16). The van der Waals surface area contributed by atoms with Crippen LogP contribution in [0.5, 0.6) is 0 Å². The molecule has 1 aromatic heterocycles. The molecule has 0 bridgehead atoms. The molecule has 0 aliphatic carbocycles. The fourth-order valence-electron chi connectivity index (χ4n) is 1.01. The minimum Gasteiger partial charge on any atom is -0.307 e. The van der Waals surface area contributed by atoms with Gasteiger partial charge in [-0.2, -0.15) is 13.2 Å². The molecule has 0 aliphatic heterocycles. The molecule has 7 heteroatoms. The first-order valence-electron chi connectivity index (χ1n) is 4.41. The molecule has 0 saturated heterocycles. The summed E-state index contributed by atoms with van der Waals surface area (Å²) >= 11 is 0. The van der Waals surface area contributed by atoms with Crippen LogP contribution in [0.4, 0.5) is 19.0 Å². The number of alkyl halides is 3. The second kappa shape index (κ2) is 4.48. The van der Waals surface area contributed by atoms with Gasteiger partial charge in [0.2, 0.25) is 0 Å². The molecule has 88 valence electrons. The van der Waals surface area contributed by atoms with Crippen molar-refractivity contribution in [3.63, 3.8) is 0 Å². The van der Waals surface area contributed by atoms with Crippen molar-refractivity contribution in [2.24, 2.45) is 5.84 Å². The van der Waals surface area contributed by atoms with Gasteiger partial charge in [0.05, 0.1) is 5.69 Å². The third kappa shape index (κ3) is 2.69. The van der Waals surface area contributed by atoms with Crippen molar-refractivity contribution < 1.29 is 13.2 Å². The molecule has 0 fully saturated rings. The number of nitrogens with two attached hydrogens (primary N) is 1. The summed E-state index contributed by atoms with van der Waals surface area (Å²) in [5, 5.41) is 7.23. The molecule has 1 rings (SSSR count). The van der Waals surface area contributed by atoms with Crippen LogP contribution in [0.25, 0.3) is 5.57 Å². The number of nitrogens with zero attached hydrogens (tertiary/aromatic N) is 2. The Bertz CT molecular complexity index is 394. The molecule has 0 amide bonds. The highest BCUT2D eigenvalue weighted by Crippen LogP contribution is 2.30. The molecule has 0 saturated carbocycles. The van der Waals surface area contributed by atoms with E-state index in [4.69, 9.17) is 5.84 Å². The minimum atomic E-state index is -4.35. The van der Waals surface area contributed by atoms with Gasteiger partial charge in [-0.25, -0.2) is 5.84 Å². The van der Waals surface area contributed by atoms with Gasteiger partial charge in [-0.1, -0.05) is 0 Å². The zero-order valence-electron chi connectivity index (χ0n) is 8.76. The Morgan fingerprint density at radius 1 is 1.25 bits per heavy atom. The average Bonchev–Trinajstić information content (AvgIpc) is 2.26. The Morgan fingerprint density at radius 2 is 1.88 bits per heavy atom. The summed E-state index contributed by atoms with van der Waals surface area (Å²) in [4.78, 5) is 0. The van der Waals surface area contributed by atoms with Crippen molar-refractivity contribution in [2.75, 3.05) is 5.43 Å². The molecule has 0 spiro atoms. The highest BCUT2D eigenvalue weighted by Gasteiger charge is 2.32. The van der Waals surface area contributed by atoms with Crippen molar-refractivity contribution in [2.45, 2.75) is 20.0 Å². The lowest BCUT2D eigenvalue weighted by atomic mass is 10.1. The highest BCUT2D eigenvalue weighted by atomic mass is 19.4. The molecule has 4 nitrogen and oxygen atoms in total. The smallest absolute Gasteiger partial charge is 0.307 e. The fourth-order valence-corrected chi connectivity index (χ4v) is 1.01. The SMILES string of the molecule is CC(=C(C)C(F)(F)F)c1ccc(NN)nn1. The Balaban J connectivity index is 3.09. The number of nitrogen functional groups attached to an aromatic ring is 1. The van der Waals surface area contributed by atoms with Gasteiger partial charge in [-0.05, 0) is 31.6 Å². The van der Waals surface area contributed by atoms with Crippen LogP contribution in [0.3, 0.4) is 0 Å². The largest absolute Gasteiger partial charge is 0.412 e. The lowest BCUT2D eigenvalue weighted by molar-refractivity contribution is -0.0907. The van der Waals surface area contributed by atoms with E-state index < -0.39 is 11.7 Å². The number of hydrazine groups is 1. The molecule has 0 unspecified atom stereocenters. The lowest BCUT2D eigenvalue weighted by Gasteiger charge is -2.10. The summed E-state index contributed by atoms with van der Waals surface area (Å²) in [6, 6.07) is 2.88. The van der Waals surface area contributed by atoms with Gasteiger partial charge < -0.3 is 5.43 Å². The van der Waals surface area contributed by atoms with E-state index >= 15 is 0 Å². The average molecular weight is 232 g/mol. The molecule has 0 radical (unpaired) electrons. The second-order valence-corrected chi connectivity index (χ2v) is 3.20. The van der Waals surface area contributed by atoms with Crippen LogP contribution >= 0.6 is 0 Å². The minimum absolute atomic E-state index is 0.0450. The van der Waals surface area contributed by atoms with Gasteiger partial charge >= 0.3 is 6.18 Å². The molecule has 1 aromatic rings. The van der Waals surface area contributed by atoms with E-state index in [1.54, 1.807) is 0 Å². The van der Waals surface area contributed by atoms with Crippen LogP contribution in [0, 0.1) is 0 Å². The zero-order valence-corrected chi connectivity index (χ0v) is 8.76. The van der Waals surface area contributed by atoms with Crippen LogP contribution in [0.15, 0.2) is 17.7 Å². The molecule has 0 atom stereocenters. The Kier molecular flexibility index (Phi) is 3.48. The van der Waals surface area contributed by atoms with Crippen molar-refractivity contribution in [3.05, 3.63) is 23.4 Å². The predicted molar refractivity (Wildman–Crippen MR) is 54.2 cm³/mol. The van der Waals surface area contributed by atoms with Crippen molar-refractivity contribution in [3.8, 4) is 0 Å². The normalized spacial score (nSPS) is 13.4. The number of rotatable bonds is 2. The van der Waals surface area contributed by atoms with Crippen LogP contribution in [0.1, 0.15) is 19.5 Å². The number of allylic oxidation sites excluding steroid dienone is 2. The second-order valence-electron chi connectivity index (χ2n) is 3.20. The van der Waals surface area contributed by atoms with E-state index in [0.717, 1.165) is 6.92 Å². The van der Waals surface area contributed by atoms with Crippen LogP contribution in [-0.4, -0.2) is 16.4 Å². The number of anilines is 1. The molecular weight excluding hydrogens is 221 g/mol. The fraction of sp³-hybridized carbons (Fsp3) is 0.333. The maximum absolute atomic E-state index is 12.4. The van der Waals surface area contributed by atoms with Gasteiger partial charge in [-0.3, -0.25) is 0 Å². The van der Waals surface area contributed by atoms with E-state index in [1.165, 1.54) is 19.1 Å². The van der Waals surface area contributed by atoms with E-state index in [-0.39, 0.29) is 11.3 Å². The van der Waals surface area contributed by atoms with E-state index in [9.17, 15) is 13.2 Å². The van der Waals surface area contributed by atoms with Crippen LogP contribution in [-0.2, 0) is 0 Å². The molecule has 0 aromatic carbocycles. The molecule has 16 heavy (non-hydrogen) atoms. The number of nitrogens with one attached hydrogen (secondary N) is 1. The molecule has 1 heterocycles. The van der Waals surface area contributed by atoms with Gasteiger partial charge in [0.1, 0.15) is 0 Å². The first kappa shape index (κ1) is 12.4. The third-order valence-corrected chi connectivity index (χ3v) is 2.18. The highest BCUT2D eigenvalue weighted by molar-refractivity contribution is 5.64. The number of aromatic nitrogens is 2.